The van der Waals surface area contributed by atoms with Gasteiger partial charge in [-0.05, 0) is 64.2 Å². The first-order valence-electron chi connectivity index (χ1n) is 19.3. The largest absolute Gasteiger partial charge is 0.481 e. The minimum Gasteiger partial charge on any atom is -0.481 e. The SMILES string of the molecule is CC/C=C\C/C=C\C/C=C\C/C=C\C/C=C\CCCCCCCC(=O)OC(CCCCCCCCCCCCCCC)CC(=O)O. The number of carbonyl (C=O) groups excluding carboxylic acids is 1. The molecule has 0 bridgehead atoms. The van der Waals surface area contributed by atoms with Crippen LogP contribution in [0.15, 0.2) is 60.8 Å². The van der Waals surface area contributed by atoms with E-state index in [1.54, 1.807) is 0 Å². The Morgan fingerprint density at radius 1 is 0.522 bits per heavy atom. The van der Waals surface area contributed by atoms with Crippen LogP contribution >= 0.6 is 0 Å². The van der Waals surface area contributed by atoms with Crippen molar-refractivity contribution >= 4 is 11.9 Å². The third-order valence-corrected chi connectivity index (χ3v) is 8.24. The Morgan fingerprint density at radius 3 is 1.41 bits per heavy atom. The van der Waals surface area contributed by atoms with Gasteiger partial charge in [-0.25, -0.2) is 0 Å². The summed E-state index contributed by atoms with van der Waals surface area (Å²) in [6, 6.07) is 0. The first kappa shape index (κ1) is 43.6. The zero-order valence-corrected chi connectivity index (χ0v) is 30.1. The van der Waals surface area contributed by atoms with Crippen molar-refractivity contribution in [3.8, 4) is 0 Å². The molecule has 0 fully saturated rings. The second-order valence-corrected chi connectivity index (χ2v) is 12.8. The number of carboxylic acid groups (broad SMARTS) is 1. The second kappa shape index (κ2) is 37.1. The van der Waals surface area contributed by atoms with Crippen LogP contribution in [0.5, 0.6) is 0 Å². The van der Waals surface area contributed by atoms with Gasteiger partial charge in [0.25, 0.3) is 0 Å². The predicted octanol–water partition coefficient (Wildman–Crippen LogP) is 13.3. The van der Waals surface area contributed by atoms with Gasteiger partial charge in [0.15, 0.2) is 0 Å². The lowest BCUT2D eigenvalue weighted by Crippen LogP contribution is -2.21. The fourth-order valence-electron chi connectivity index (χ4n) is 5.46. The second-order valence-electron chi connectivity index (χ2n) is 12.8. The van der Waals surface area contributed by atoms with Crippen molar-refractivity contribution in [2.75, 3.05) is 0 Å². The molecule has 0 rings (SSSR count). The molecule has 46 heavy (non-hydrogen) atoms. The van der Waals surface area contributed by atoms with Gasteiger partial charge in [0.05, 0.1) is 6.42 Å². The maximum Gasteiger partial charge on any atom is 0.307 e. The Morgan fingerprint density at radius 2 is 0.935 bits per heavy atom. The van der Waals surface area contributed by atoms with Gasteiger partial charge in [-0.3, -0.25) is 9.59 Å². The van der Waals surface area contributed by atoms with Crippen molar-refractivity contribution in [2.45, 2.75) is 193 Å². The minimum atomic E-state index is -0.889. The zero-order valence-electron chi connectivity index (χ0n) is 30.1. The molecular formula is C42H72O4. The fourth-order valence-corrected chi connectivity index (χ4v) is 5.46. The molecule has 1 atom stereocenters. The first-order chi connectivity index (χ1) is 22.6. The molecule has 264 valence electrons. The smallest absolute Gasteiger partial charge is 0.307 e. The number of aliphatic carboxylic acids is 1. The van der Waals surface area contributed by atoms with E-state index in [-0.39, 0.29) is 12.4 Å². The summed E-state index contributed by atoms with van der Waals surface area (Å²) < 4.78 is 5.57. The van der Waals surface area contributed by atoms with E-state index in [4.69, 9.17) is 4.74 Å². The molecule has 0 aliphatic rings. The van der Waals surface area contributed by atoms with E-state index in [0.717, 1.165) is 70.6 Å². The quantitative estimate of drug-likeness (QED) is 0.0432. The Balaban J connectivity index is 3.73. The normalized spacial score (nSPS) is 12.9. The van der Waals surface area contributed by atoms with E-state index < -0.39 is 12.1 Å². The van der Waals surface area contributed by atoms with Gasteiger partial charge in [-0.15, -0.1) is 0 Å². The highest BCUT2D eigenvalue weighted by Crippen LogP contribution is 2.16. The van der Waals surface area contributed by atoms with E-state index in [0.29, 0.717) is 12.8 Å². The molecule has 1 N–H and O–H groups in total. The van der Waals surface area contributed by atoms with Crippen molar-refractivity contribution < 1.29 is 19.4 Å². The van der Waals surface area contributed by atoms with E-state index >= 15 is 0 Å². The van der Waals surface area contributed by atoms with Gasteiger partial charge in [0, 0.05) is 6.42 Å². The van der Waals surface area contributed by atoms with E-state index in [1.165, 1.54) is 83.5 Å². The summed E-state index contributed by atoms with van der Waals surface area (Å²) in [5.74, 6) is -1.13. The van der Waals surface area contributed by atoms with Crippen molar-refractivity contribution in [3.63, 3.8) is 0 Å². The summed E-state index contributed by atoms with van der Waals surface area (Å²) in [6.45, 7) is 4.42. The van der Waals surface area contributed by atoms with Crippen LogP contribution < -0.4 is 0 Å². The Kier molecular flexibility index (Phi) is 35.2. The first-order valence-corrected chi connectivity index (χ1v) is 19.3. The maximum absolute atomic E-state index is 12.3. The highest BCUT2D eigenvalue weighted by Gasteiger charge is 2.17. The van der Waals surface area contributed by atoms with E-state index in [1.807, 2.05) is 0 Å². The fraction of sp³-hybridized carbons (Fsp3) is 0.714. The Hall–Kier alpha value is -2.36. The molecule has 0 aromatic carbocycles. The number of carboxylic acids is 1. The lowest BCUT2D eigenvalue weighted by atomic mass is 10.0. The summed E-state index contributed by atoms with van der Waals surface area (Å²) >= 11 is 0. The van der Waals surface area contributed by atoms with Crippen molar-refractivity contribution in [1.29, 1.82) is 0 Å². The molecule has 0 saturated heterocycles. The van der Waals surface area contributed by atoms with Crippen LogP contribution in [0.25, 0.3) is 0 Å². The number of rotatable bonds is 34. The third-order valence-electron chi connectivity index (χ3n) is 8.24. The highest BCUT2D eigenvalue weighted by molar-refractivity contribution is 5.71. The van der Waals surface area contributed by atoms with Gasteiger partial charge < -0.3 is 9.84 Å². The van der Waals surface area contributed by atoms with Gasteiger partial charge in [0.2, 0.25) is 0 Å². The molecular weight excluding hydrogens is 568 g/mol. The minimum absolute atomic E-state index is 0.0835. The number of carbonyl (C=O) groups is 2. The number of ether oxygens (including phenoxy) is 1. The summed E-state index contributed by atoms with van der Waals surface area (Å²) in [5.41, 5.74) is 0. The standard InChI is InChI=1S/C42H72O4/c1-3-5-7-9-11-13-15-17-18-19-20-21-22-23-24-26-28-30-32-34-36-38-42(45)46-40(39-41(43)44)37-35-33-31-29-27-25-16-14-12-10-8-6-4-2/h5,7,11,13,17-18,20-21,23-24,40H,3-4,6,8-10,12,14-16,19,22,25-39H2,1-2H3,(H,43,44)/b7-5-,13-11-,18-17-,21-20-,24-23-. The van der Waals surface area contributed by atoms with Gasteiger partial charge in [0.1, 0.15) is 6.10 Å². The molecule has 0 amide bonds. The monoisotopic (exact) mass is 641 g/mol. The number of allylic oxidation sites excluding steroid dienone is 10. The number of esters is 1. The number of unbranched alkanes of at least 4 members (excludes halogenated alkanes) is 17. The molecule has 0 aliphatic heterocycles. The summed E-state index contributed by atoms with van der Waals surface area (Å²) in [7, 11) is 0. The van der Waals surface area contributed by atoms with Gasteiger partial charge in [-0.1, -0.05) is 171 Å². The van der Waals surface area contributed by atoms with Crippen LogP contribution in [-0.4, -0.2) is 23.1 Å². The number of hydrogen-bond donors (Lipinski definition) is 1. The Labute approximate surface area is 284 Å². The molecule has 0 heterocycles. The van der Waals surface area contributed by atoms with Crippen LogP contribution in [-0.2, 0) is 14.3 Å². The molecule has 4 heteroatoms. The molecule has 0 aromatic rings. The summed E-state index contributed by atoms with van der Waals surface area (Å²) in [6.07, 6.45) is 50.9. The van der Waals surface area contributed by atoms with Gasteiger partial charge >= 0.3 is 11.9 Å². The summed E-state index contributed by atoms with van der Waals surface area (Å²) in [5, 5.41) is 9.25. The Bertz CT molecular complexity index is 820. The topological polar surface area (TPSA) is 63.6 Å². The van der Waals surface area contributed by atoms with Crippen LogP contribution in [0.2, 0.25) is 0 Å². The molecule has 0 saturated carbocycles. The van der Waals surface area contributed by atoms with Gasteiger partial charge in [-0.2, -0.15) is 0 Å². The lowest BCUT2D eigenvalue weighted by Gasteiger charge is -2.16. The number of hydrogen-bond acceptors (Lipinski definition) is 3. The zero-order chi connectivity index (χ0) is 33.6. The molecule has 0 aliphatic carbocycles. The van der Waals surface area contributed by atoms with Crippen LogP contribution in [0.3, 0.4) is 0 Å². The lowest BCUT2D eigenvalue weighted by molar-refractivity contribution is -0.153. The van der Waals surface area contributed by atoms with Crippen LogP contribution in [0, 0.1) is 0 Å². The van der Waals surface area contributed by atoms with E-state index in [9.17, 15) is 14.7 Å². The molecule has 0 aromatic heterocycles. The molecule has 4 nitrogen and oxygen atoms in total. The summed E-state index contributed by atoms with van der Waals surface area (Å²) in [4.78, 5) is 23.6. The molecule has 1 unspecified atom stereocenters. The average Bonchev–Trinajstić information content (AvgIpc) is 3.03. The predicted molar refractivity (Wildman–Crippen MR) is 199 cm³/mol. The molecule has 0 radical (unpaired) electrons. The molecule has 0 spiro atoms. The van der Waals surface area contributed by atoms with Crippen LogP contribution in [0.1, 0.15) is 187 Å². The average molecular weight is 641 g/mol. The van der Waals surface area contributed by atoms with Crippen molar-refractivity contribution in [3.05, 3.63) is 60.8 Å². The van der Waals surface area contributed by atoms with E-state index in [2.05, 4.69) is 74.6 Å². The van der Waals surface area contributed by atoms with Crippen molar-refractivity contribution in [2.24, 2.45) is 0 Å². The van der Waals surface area contributed by atoms with Crippen molar-refractivity contribution in [1.82, 2.24) is 0 Å². The highest BCUT2D eigenvalue weighted by atomic mass is 16.5. The maximum atomic E-state index is 12.3. The third kappa shape index (κ3) is 36.1. The van der Waals surface area contributed by atoms with Crippen LogP contribution in [0.4, 0.5) is 0 Å².